The number of unbranched alkanes of at least 4 members (excludes halogenated alkanes) is 8. The number of nitrogens with one attached hydrogen (secondary N) is 1. The molecule has 0 atom stereocenters. The molecule has 0 spiro atoms. The van der Waals surface area contributed by atoms with Gasteiger partial charge >= 0.3 is 67.5 Å². The smallest absolute Gasteiger partial charge is 1.00 e. The first-order valence-electron chi connectivity index (χ1n) is 8.11. The van der Waals surface area contributed by atoms with E-state index in [1.54, 1.807) is 7.05 Å². The maximum atomic E-state index is 11.4. The first-order valence-corrected chi connectivity index (χ1v) is 9.69. The molecule has 0 fully saturated rings. The standard InChI is InChI=1S/C15H31NO4S.K.H/c1-3-4-5-6-7-8-9-10-11-12-15(17)20-21(18,19)14-13-16-2;;/h16H,3-14H2,1-2H3;;/q;+1;-1. The van der Waals surface area contributed by atoms with Crippen molar-refractivity contribution in [2.75, 3.05) is 19.3 Å². The van der Waals surface area contributed by atoms with Crippen molar-refractivity contribution in [3.8, 4) is 0 Å². The summed E-state index contributed by atoms with van der Waals surface area (Å²) >= 11 is 0. The van der Waals surface area contributed by atoms with Gasteiger partial charge in [-0.05, 0) is 13.5 Å². The SMILES string of the molecule is CCCCCCCCCCCC(=O)OS(=O)(=O)CCNC.[H-].[K+]. The Labute approximate surface area is 180 Å². The molecule has 0 radical (unpaired) electrons. The van der Waals surface area contributed by atoms with Crippen molar-refractivity contribution in [2.45, 2.75) is 71.1 Å². The third-order valence-corrected chi connectivity index (χ3v) is 4.45. The normalized spacial score (nSPS) is 11.0. The molecule has 0 saturated carbocycles. The molecule has 0 aliphatic heterocycles. The van der Waals surface area contributed by atoms with E-state index in [-0.39, 0.29) is 71.5 Å². The zero-order valence-corrected chi connectivity index (χ0v) is 18.5. The molecule has 0 aromatic heterocycles. The monoisotopic (exact) mass is 361 g/mol. The quantitative estimate of drug-likeness (QED) is 0.270. The van der Waals surface area contributed by atoms with Crippen LogP contribution in [0.4, 0.5) is 0 Å². The van der Waals surface area contributed by atoms with Gasteiger partial charge in [0.1, 0.15) is 0 Å². The number of carbonyl (C=O) groups is 1. The van der Waals surface area contributed by atoms with Gasteiger partial charge in [-0.2, -0.15) is 8.42 Å². The molecule has 0 heterocycles. The van der Waals surface area contributed by atoms with Crippen LogP contribution < -0.4 is 56.7 Å². The van der Waals surface area contributed by atoms with E-state index < -0.39 is 16.1 Å². The van der Waals surface area contributed by atoms with E-state index in [1.165, 1.54) is 38.5 Å². The molecule has 0 aliphatic rings. The molecular formula is C15H32KNO4S. The largest absolute Gasteiger partial charge is 1.00 e. The molecule has 0 aliphatic carbocycles. The Hall–Kier alpha value is 1.02. The number of carbonyl (C=O) groups excluding carboxylic acids is 1. The maximum absolute atomic E-state index is 11.4. The molecule has 22 heavy (non-hydrogen) atoms. The van der Waals surface area contributed by atoms with Crippen LogP contribution >= 0.6 is 0 Å². The summed E-state index contributed by atoms with van der Waals surface area (Å²) in [5.41, 5.74) is 0. The zero-order chi connectivity index (χ0) is 16.0. The molecule has 1 N–H and O–H groups in total. The molecule has 7 heteroatoms. The van der Waals surface area contributed by atoms with Crippen LogP contribution in [-0.2, 0) is 19.1 Å². The third kappa shape index (κ3) is 17.4. The van der Waals surface area contributed by atoms with Crippen LogP contribution in [0.5, 0.6) is 0 Å². The predicted octanol–water partition coefficient (Wildman–Crippen LogP) is 0.116. The van der Waals surface area contributed by atoms with Crippen molar-refractivity contribution < 1.29 is 70.2 Å². The summed E-state index contributed by atoms with van der Waals surface area (Å²) in [7, 11) is -2.06. The molecule has 0 aromatic carbocycles. The molecule has 0 bridgehead atoms. The summed E-state index contributed by atoms with van der Waals surface area (Å²) in [6.07, 6.45) is 10.6. The Morgan fingerprint density at radius 2 is 1.50 bits per heavy atom. The Kier molecular flexibility index (Phi) is 19.4. The summed E-state index contributed by atoms with van der Waals surface area (Å²) in [6, 6.07) is 0. The fourth-order valence-corrected chi connectivity index (χ4v) is 2.94. The number of hydrogen-bond acceptors (Lipinski definition) is 5. The van der Waals surface area contributed by atoms with Gasteiger partial charge in [-0.15, -0.1) is 0 Å². The van der Waals surface area contributed by atoms with E-state index in [4.69, 9.17) is 0 Å². The minimum Gasteiger partial charge on any atom is -1.00 e. The van der Waals surface area contributed by atoms with Crippen LogP contribution in [0.1, 0.15) is 72.6 Å². The summed E-state index contributed by atoms with van der Waals surface area (Å²) < 4.78 is 27.3. The van der Waals surface area contributed by atoms with E-state index in [9.17, 15) is 13.2 Å². The van der Waals surface area contributed by atoms with Crippen molar-refractivity contribution in [2.24, 2.45) is 0 Å². The molecule has 0 rings (SSSR count). The topological polar surface area (TPSA) is 72.5 Å². The third-order valence-electron chi connectivity index (χ3n) is 3.31. The molecule has 0 unspecified atom stereocenters. The minimum atomic E-state index is -3.72. The fraction of sp³-hybridized carbons (Fsp3) is 0.933. The Balaban J connectivity index is -0.00000200. The maximum Gasteiger partial charge on any atom is 1.00 e. The van der Waals surface area contributed by atoms with Crippen LogP contribution in [-0.4, -0.2) is 33.7 Å². The first-order chi connectivity index (χ1) is 10.0. The van der Waals surface area contributed by atoms with Gasteiger partial charge in [0.15, 0.2) is 0 Å². The van der Waals surface area contributed by atoms with Gasteiger partial charge in [-0.25, -0.2) is 0 Å². The number of rotatable bonds is 14. The van der Waals surface area contributed by atoms with Gasteiger partial charge in [-0.1, -0.05) is 58.3 Å². The summed E-state index contributed by atoms with van der Waals surface area (Å²) in [4.78, 5) is 11.4. The van der Waals surface area contributed by atoms with Crippen LogP contribution in [0.3, 0.4) is 0 Å². The van der Waals surface area contributed by atoms with Crippen molar-refractivity contribution in [1.29, 1.82) is 0 Å². The van der Waals surface area contributed by atoms with Gasteiger partial charge in [-0.3, -0.25) is 4.79 Å². The first kappa shape index (κ1) is 25.3. The zero-order valence-electron chi connectivity index (χ0n) is 15.5. The van der Waals surface area contributed by atoms with E-state index in [0.717, 1.165) is 12.8 Å². The second kappa shape index (κ2) is 16.9. The van der Waals surface area contributed by atoms with Gasteiger partial charge in [0, 0.05) is 13.0 Å². The second-order valence-electron chi connectivity index (χ2n) is 5.40. The Morgan fingerprint density at radius 3 is 2.00 bits per heavy atom. The van der Waals surface area contributed by atoms with E-state index in [0.29, 0.717) is 6.42 Å². The molecule has 0 aromatic rings. The Bertz CT molecular complexity index is 366. The van der Waals surface area contributed by atoms with Crippen LogP contribution in [0.25, 0.3) is 0 Å². The number of hydrogen-bond donors (Lipinski definition) is 1. The average Bonchev–Trinajstić information content (AvgIpc) is 2.43. The summed E-state index contributed by atoms with van der Waals surface area (Å²) in [6.45, 7) is 2.49. The Morgan fingerprint density at radius 1 is 1.00 bits per heavy atom. The molecule has 128 valence electrons. The fourth-order valence-electron chi connectivity index (χ4n) is 2.03. The van der Waals surface area contributed by atoms with Gasteiger partial charge in [0.05, 0.1) is 5.75 Å². The van der Waals surface area contributed by atoms with Gasteiger partial charge in [0.2, 0.25) is 0 Å². The second-order valence-corrected chi connectivity index (χ2v) is 7.09. The van der Waals surface area contributed by atoms with Gasteiger partial charge < -0.3 is 10.9 Å². The van der Waals surface area contributed by atoms with Gasteiger partial charge in [0.25, 0.3) is 0 Å². The molecule has 0 saturated heterocycles. The van der Waals surface area contributed by atoms with E-state index in [2.05, 4.69) is 16.4 Å². The van der Waals surface area contributed by atoms with Crippen LogP contribution in [0.2, 0.25) is 0 Å². The predicted molar refractivity (Wildman–Crippen MR) is 86.8 cm³/mol. The van der Waals surface area contributed by atoms with E-state index >= 15 is 0 Å². The van der Waals surface area contributed by atoms with E-state index in [1.807, 2.05) is 0 Å². The van der Waals surface area contributed by atoms with Crippen LogP contribution in [0.15, 0.2) is 0 Å². The van der Waals surface area contributed by atoms with Crippen molar-refractivity contribution in [3.63, 3.8) is 0 Å². The summed E-state index contributed by atoms with van der Waals surface area (Å²) in [5, 5.41) is 2.71. The van der Waals surface area contributed by atoms with Crippen molar-refractivity contribution >= 4 is 16.1 Å². The molecule has 5 nitrogen and oxygen atoms in total. The average molecular weight is 362 g/mol. The van der Waals surface area contributed by atoms with Crippen molar-refractivity contribution in [3.05, 3.63) is 0 Å². The molecule has 0 amide bonds. The minimum absolute atomic E-state index is 0. The van der Waals surface area contributed by atoms with Crippen molar-refractivity contribution in [1.82, 2.24) is 5.32 Å². The van der Waals surface area contributed by atoms with Crippen LogP contribution in [0, 0.1) is 0 Å². The molecular weight excluding hydrogens is 329 g/mol. The summed E-state index contributed by atoms with van der Waals surface area (Å²) in [5.74, 6) is -0.804.